The van der Waals surface area contributed by atoms with Crippen LogP contribution in [-0.2, 0) is 10.0 Å². The highest BCUT2D eigenvalue weighted by molar-refractivity contribution is 7.89. The first-order chi connectivity index (χ1) is 11.9. The lowest BCUT2D eigenvalue weighted by Crippen LogP contribution is -2.18. The number of nitrogens with zero attached hydrogens (tertiary/aromatic N) is 1. The molecule has 8 nitrogen and oxygen atoms in total. The van der Waals surface area contributed by atoms with Crippen molar-refractivity contribution in [1.29, 1.82) is 0 Å². The first kappa shape index (κ1) is 18.4. The minimum absolute atomic E-state index is 0.0443. The second-order valence-electron chi connectivity index (χ2n) is 4.77. The molecule has 0 fully saturated rings. The molecule has 0 aromatic heterocycles. The van der Waals surface area contributed by atoms with Crippen molar-refractivity contribution < 1.29 is 27.7 Å². The van der Waals surface area contributed by atoms with Gasteiger partial charge in [0.25, 0.3) is 10.0 Å². The van der Waals surface area contributed by atoms with Crippen LogP contribution >= 0.6 is 0 Å². The van der Waals surface area contributed by atoms with Crippen LogP contribution in [-0.4, -0.2) is 41.1 Å². The van der Waals surface area contributed by atoms with Gasteiger partial charge in [0.1, 0.15) is 0 Å². The smallest absolute Gasteiger partial charge is 0.276 e. The lowest BCUT2D eigenvalue weighted by Gasteiger charge is -2.09. The molecule has 25 heavy (non-hydrogen) atoms. The van der Waals surface area contributed by atoms with E-state index < -0.39 is 10.0 Å². The zero-order valence-corrected chi connectivity index (χ0v) is 14.7. The Kier molecular flexibility index (Phi) is 5.71. The van der Waals surface area contributed by atoms with Gasteiger partial charge < -0.3 is 19.3 Å². The van der Waals surface area contributed by atoms with Gasteiger partial charge in [-0.1, -0.05) is 6.07 Å². The van der Waals surface area contributed by atoms with Crippen molar-refractivity contribution in [3.8, 4) is 23.0 Å². The van der Waals surface area contributed by atoms with Crippen molar-refractivity contribution in [1.82, 2.24) is 4.83 Å². The highest BCUT2D eigenvalue weighted by Crippen LogP contribution is 2.30. The number of phenols is 1. The van der Waals surface area contributed by atoms with Gasteiger partial charge in [-0.3, -0.25) is 0 Å². The number of rotatable bonds is 7. The summed E-state index contributed by atoms with van der Waals surface area (Å²) >= 11 is 0. The first-order valence-electron chi connectivity index (χ1n) is 7.05. The number of hydrogen-bond acceptors (Lipinski definition) is 7. The molecule has 0 atom stereocenters. The number of para-hydroxylation sites is 1. The van der Waals surface area contributed by atoms with Crippen LogP contribution in [0.5, 0.6) is 23.0 Å². The van der Waals surface area contributed by atoms with Crippen LogP contribution < -0.4 is 19.0 Å². The van der Waals surface area contributed by atoms with Crippen molar-refractivity contribution in [3.05, 3.63) is 42.0 Å². The SMILES string of the molecule is COc1ccc(S(=O)(=O)NN=Cc2cccc(OC)c2O)cc1OC. The van der Waals surface area contributed by atoms with E-state index in [1.165, 1.54) is 45.7 Å². The first-order valence-corrected chi connectivity index (χ1v) is 8.54. The molecule has 0 saturated carbocycles. The molecule has 0 unspecified atom stereocenters. The Hall–Kier alpha value is -2.94. The van der Waals surface area contributed by atoms with Crippen LogP contribution in [0.4, 0.5) is 0 Å². The van der Waals surface area contributed by atoms with Gasteiger partial charge in [-0.25, -0.2) is 4.83 Å². The second kappa shape index (κ2) is 7.75. The molecule has 134 valence electrons. The van der Waals surface area contributed by atoms with E-state index in [9.17, 15) is 13.5 Å². The summed E-state index contributed by atoms with van der Waals surface area (Å²) in [4.78, 5) is 2.03. The Morgan fingerprint density at radius 3 is 2.32 bits per heavy atom. The largest absolute Gasteiger partial charge is 0.504 e. The zero-order valence-electron chi connectivity index (χ0n) is 13.9. The van der Waals surface area contributed by atoms with Gasteiger partial charge in [0.2, 0.25) is 0 Å². The van der Waals surface area contributed by atoms with Gasteiger partial charge in [-0.05, 0) is 24.3 Å². The van der Waals surface area contributed by atoms with Crippen molar-refractivity contribution in [2.75, 3.05) is 21.3 Å². The Balaban J connectivity index is 2.22. The summed E-state index contributed by atoms with van der Waals surface area (Å²) in [5.41, 5.74) is 0.300. The zero-order chi connectivity index (χ0) is 18.4. The van der Waals surface area contributed by atoms with Crippen LogP contribution in [0.1, 0.15) is 5.56 Å². The second-order valence-corrected chi connectivity index (χ2v) is 6.43. The maximum Gasteiger partial charge on any atom is 0.276 e. The molecule has 0 saturated heterocycles. The third-order valence-electron chi connectivity index (χ3n) is 3.29. The standard InChI is InChI=1S/C16H18N2O6S/c1-22-13-8-7-12(9-15(13)24-3)25(20,21)18-17-10-11-5-4-6-14(23-2)16(11)19/h4-10,18-19H,1-3H3. The summed E-state index contributed by atoms with van der Waals surface area (Å²) in [6.45, 7) is 0. The number of nitrogens with one attached hydrogen (secondary N) is 1. The number of benzene rings is 2. The molecule has 0 radical (unpaired) electrons. The fraction of sp³-hybridized carbons (Fsp3) is 0.188. The molecule has 0 aliphatic carbocycles. The molecule has 0 aliphatic rings. The van der Waals surface area contributed by atoms with E-state index in [-0.39, 0.29) is 22.1 Å². The number of aromatic hydroxyl groups is 1. The number of hydrogen-bond donors (Lipinski definition) is 2. The molecule has 0 bridgehead atoms. The van der Waals surface area contributed by atoms with Crippen molar-refractivity contribution in [2.45, 2.75) is 4.90 Å². The van der Waals surface area contributed by atoms with Gasteiger partial charge >= 0.3 is 0 Å². The summed E-state index contributed by atoms with van der Waals surface area (Å²) in [6.07, 6.45) is 1.18. The van der Waals surface area contributed by atoms with Gasteiger partial charge in [-0.15, -0.1) is 0 Å². The van der Waals surface area contributed by atoms with Crippen molar-refractivity contribution in [3.63, 3.8) is 0 Å². The quantitative estimate of drug-likeness (QED) is 0.571. The summed E-state index contributed by atoms with van der Waals surface area (Å²) in [5, 5.41) is 13.6. The molecule has 9 heteroatoms. The molecule has 2 aromatic carbocycles. The molecule has 0 heterocycles. The van der Waals surface area contributed by atoms with Crippen LogP contribution in [0.3, 0.4) is 0 Å². The minimum Gasteiger partial charge on any atom is -0.504 e. The van der Waals surface area contributed by atoms with E-state index >= 15 is 0 Å². The molecule has 0 spiro atoms. The fourth-order valence-corrected chi connectivity index (χ4v) is 2.82. The minimum atomic E-state index is -3.91. The Morgan fingerprint density at radius 1 is 1.00 bits per heavy atom. The highest BCUT2D eigenvalue weighted by Gasteiger charge is 2.16. The number of phenolic OH excluding ortho intramolecular Hbond substituents is 1. The highest BCUT2D eigenvalue weighted by atomic mass is 32.2. The average molecular weight is 366 g/mol. The van der Waals surface area contributed by atoms with Gasteiger partial charge in [0, 0.05) is 11.6 Å². The molecule has 2 N–H and O–H groups in total. The lowest BCUT2D eigenvalue weighted by atomic mass is 10.2. The van der Waals surface area contributed by atoms with Crippen LogP contribution in [0.15, 0.2) is 46.4 Å². The number of hydrazone groups is 1. The van der Waals surface area contributed by atoms with Crippen molar-refractivity contribution in [2.24, 2.45) is 5.10 Å². The molecule has 2 aromatic rings. The van der Waals surface area contributed by atoms with E-state index in [1.807, 2.05) is 0 Å². The van der Waals surface area contributed by atoms with E-state index in [2.05, 4.69) is 9.93 Å². The third-order valence-corrected chi connectivity index (χ3v) is 4.51. The van der Waals surface area contributed by atoms with E-state index in [0.29, 0.717) is 11.3 Å². The lowest BCUT2D eigenvalue weighted by molar-refractivity contribution is 0.354. The van der Waals surface area contributed by atoms with Gasteiger partial charge in [0.05, 0.1) is 32.4 Å². The van der Waals surface area contributed by atoms with Crippen LogP contribution in [0.2, 0.25) is 0 Å². The average Bonchev–Trinajstić information content (AvgIpc) is 2.62. The Labute approximate surface area is 145 Å². The summed E-state index contributed by atoms with van der Waals surface area (Å²) in [5.74, 6) is 0.803. The number of sulfonamides is 1. The van der Waals surface area contributed by atoms with E-state index in [4.69, 9.17) is 14.2 Å². The molecular weight excluding hydrogens is 348 g/mol. The fourth-order valence-electron chi connectivity index (χ4n) is 2.01. The maximum absolute atomic E-state index is 12.3. The van der Waals surface area contributed by atoms with Gasteiger partial charge in [-0.2, -0.15) is 13.5 Å². The van der Waals surface area contributed by atoms with E-state index in [1.54, 1.807) is 18.2 Å². The predicted octanol–water partition coefficient (Wildman–Crippen LogP) is 1.73. The van der Waals surface area contributed by atoms with Crippen LogP contribution in [0, 0.1) is 0 Å². The molecular formula is C16H18N2O6S. The molecule has 0 amide bonds. The summed E-state index contributed by atoms with van der Waals surface area (Å²) < 4.78 is 39.7. The summed E-state index contributed by atoms with van der Waals surface area (Å²) in [7, 11) is 0.361. The normalized spacial score (nSPS) is 11.3. The maximum atomic E-state index is 12.3. The Morgan fingerprint density at radius 2 is 1.68 bits per heavy atom. The van der Waals surface area contributed by atoms with Crippen molar-refractivity contribution >= 4 is 16.2 Å². The van der Waals surface area contributed by atoms with Crippen LogP contribution in [0.25, 0.3) is 0 Å². The topological polar surface area (TPSA) is 106 Å². The van der Waals surface area contributed by atoms with Gasteiger partial charge in [0.15, 0.2) is 23.0 Å². The number of methoxy groups -OCH3 is 3. The molecule has 2 rings (SSSR count). The molecule has 0 aliphatic heterocycles. The number of ether oxygens (including phenoxy) is 3. The summed E-state index contributed by atoms with van der Waals surface area (Å²) in [6, 6.07) is 8.93. The third kappa shape index (κ3) is 4.13. The van der Waals surface area contributed by atoms with E-state index in [0.717, 1.165) is 0 Å². The Bertz CT molecular complexity index is 880. The predicted molar refractivity (Wildman–Crippen MR) is 92.1 cm³/mol. The monoisotopic (exact) mass is 366 g/mol.